The highest BCUT2D eigenvalue weighted by Crippen LogP contribution is 2.39. The average molecular weight is 544 g/mol. The fraction of sp³-hybridized carbons (Fsp3) is 0.370. The molecule has 0 saturated carbocycles. The lowest BCUT2D eigenvalue weighted by molar-refractivity contribution is -0.137. The molecule has 0 unspecified atom stereocenters. The van der Waals surface area contributed by atoms with E-state index in [9.17, 15) is 17.6 Å². The highest BCUT2D eigenvalue weighted by atomic mass is 19.4. The largest absolute Gasteiger partial charge is 0.496 e. The number of aromatic nitrogens is 4. The van der Waals surface area contributed by atoms with Gasteiger partial charge in [-0.25, -0.2) is 9.37 Å². The van der Waals surface area contributed by atoms with Gasteiger partial charge in [0, 0.05) is 61.7 Å². The molecule has 0 spiro atoms. The molecule has 0 radical (unpaired) electrons. The van der Waals surface area contributed by atoms with Crippen LogP contribution in [-0.2, 0) is 12.7 Å². The molecule has 0 atom stereocenters. The third-order valence-electron chi connectivity index (χ3n) is 7.03. The zero-order valence-corrected chi connectivity index (χ0v) is 21.8. The second kappa shape index (κ2) is 10.7. The van der Waals surface area contributed by atoms with E-state index in [4.69, 9.17) is 4.74 Å². The number of hydrogen-bond donors (Lipinski definition) is 1. The van der Waals surface area contributed by atoms with Crippen LogP contribution in [0.1, 0.15) is 25.0 Å². The zero-order valence-electron chi connectivity index (χ0n) is 21.8. The fourth-order valence-corrected chi connectivity index (χ4v) is 4.88. The summed E-state index contributed by atoms with van der Waals surface area (Å²) >= 11 is 0. The summed E-state index contributed by atoms with van der Waals surface area (Å²) in [6, 6.07) is 9.37. The fourth-order valence-electron chi connectivity index (χ4n) is 4.88. The predicted molar refractivity (Wildman–Crippen MR) is 140 cm³/mol. The van der Waals surface area contributed by atoms with Gasteiger partial charge in [-0.3, -0.25) is 9.30 Å². The highest BCUT2D eigenvalue weighted by molar-refractivity contribution is 5.80. The van der Waals surface area contributed by atoms with Crippen molar-refractivity contribution in [2.75, 3.05) is 43.5 Å². The molecule has 206 valence electrons. The van der Waals surface area contributed by atoms with E-state index >= 15 is 0 Å². The molecule has 0 aliphatic carbocycles. The van der Waals surface area contributed by atoms with Gasteiger partial charge in [-0.1, -0.05) is 6.07 Å². The van der Waals surface area contributed by atoms with Crippen molar-refractivity contribution in [3.63, 3.8) is 0 Å². The SMILES string of the molecule is COc1cccc(F)c1CNc1ccc(-c2cnc(N3CCN(C(C)C)CC3)c(C(F)(F)F)c2)c2nncn12. The number of methoxy groups -OCH3 is 1. The molecule has 4 aromatic rings. The van der Waals surface area contributed by atoms with E-state index in [0.717, 1.165) is 6.07 Å². The van der Waals surface area contributed by atoms with E-state index in [0.29, 0.717) is 60.6 Å². The summed E-state index contributed by atoms with van der Waals surface area (Å²) in [5.41, 5.74) is 0.607. The molecule has 1 saturated heterocycles. The van der Waals surface area contributed by atoms with E-state index in [1.165, 1.54) is 25.7 Å². The van der Waals surface area contributed by atoms with Crippen LogP contribution in [0.15, 0.2) is 48.9 Å². The minimum Gasteiger partial charge on any atom is -0.496 e. The molecular formula is C27H29F4N7O. The molecule has 8 nitrogen and oxygen atoms in total. The van der Waals surface area contributed by atoms with Crippen molar-refractivity contribution in [3.8, 4) is 16.9 Å². The maximum atomic E-state index is 14.4. The third-order valence-corrected chi connectivity index (χ3v) is 7.03. The van der Waals surface area contributed by atoms with E-state index < -0.39 is 17.6 Å². The Morgan fingerprint density at radius 3 is 2.54 bits per heavy atom. The maximum Gasteiger partial charge on any atom is 0.419 e. The number of benzene rings is 1. The number of ether oxygens (including phenoxy) is 1. The van der Waals surface area contributed by atoms with Gasteiger partial charge in [0.1, 0.15) is 29.5 Å². The number of halogens is 4. The first-order valence-electron chi connectivity index (χ1n) is 12.6. The van der Waals surface area contributed by atoms with Crippen molar-refractivity contribution in [1.82, 2.24) is 24.5 Å². The number of rotatable bonds is 7. The van der Waals surface area contributed by atoms with Gasteiger partial charge < -0.3 is 15.0 Å². The third kappa shape index (κ3) is 5.33. The predicted octanol–water partition coefficient (Wildman–Crippen LogP) is 5.10. The Balaban J connectivity index is 1.46. The molecule has 1 fully saturated rings. The molecule has 4 heterocycles. The van der Waals surface area contributed by atoms with Gasteiger partial charge in [0.15, 0.2) is 5.65 Å². The number of hydrogen-bond acceptors (Lipinski definition) is 7. The van der Waals surface area contributed by atoms with Gasteiger partial charge in [-0.05, 0) is 44.2 Å². The van der Waals surface area contributed by atoms with Crippen LogP contribution in [0.3, 0.4) is 0 Å². The van der Waals surface area contributed by atoms with Gasteiger partial charge in [0.25, 0.3) is 0 Å². The van der Waals surface area contributed by atoms with Gasteiger partial charge >= 0.3 is 6.18 Å². The van der Waals surface area contributed by atoms with E-state index in [-0.39, 0.29) is 17.9 Å². The van der Waals surface area contributed by atoms with Crippen molar-refractivity contribution in [3.05, 3.63) is 65.9 Å². The second-order valence-electron chi connectivity index (χ2n) is 9.64. The van der Waals surface area contributed by atoms with Crippen LogP contribution in [0.4, 0.5) is 29.2 Å². The Kier molecular flexibility index (Phi) is 7.30. The van der Waals surface area contributed by atoms with Crippen LogP contribution in [0, 0.1) is 5.82 Å². The molecular weight excluding hydrogens is 514 g/mol. The lowest BCUT2D eigenvalue weighted by Gasteiger charge is -2.38. The Bertz CT molecular complexity index is 1460. The minimum absolute atomic E-state index is 0.0655. The van der Waals surface area contributed by atoms with Gasteiger partial charge in [0.05, 0.1) is 12.7 Å². The quantitative estimate of drug-likeness (QED) is 0.325. The Labute approximate surface area is 223 Å². The number of piperazine rings is 1. The van der Waals surface area contributed by atoms with Crippen molar-refractivity contribution in [2.45, 2.75) is 32.6 Å². The lowest BCUT2D eigenvalue weighted by Crippen LogP contribution is -2.49. The van der Waals surface area contributed by atoms with Crippen LogP contribution < -0.4 is 15.0 Å². The summed E-state index contributed by atoms with van der Waals surface area (Å²) < 4.78 is 63.9. The summed E-state index contributed by atoms with van der Waals surface area (Å²) in [7, 11) is 1.46. The van der Waals surface area contributed by atoms with Crippen molar-refractivity contribution in [2.24, 2.45) is 0 Å². The Morgan fingerprint density at radius 2 is 1.85 bits per heavy atom. The summed E-state index contributed by atoms with van der Waals surface area (Å²) in [6.45, 7) is 6.54. The van der Waals surface area contributed by atoms with Crippen LogP contribution in [0.5, 0.6) is 5.75 Å². The standard InChI is InChI=1S/C27H29F4N7O/c1-17(2)36-9-11-37(12-10-36)26-21(27(29,30)31)13-18(14-33-26)19-7-8-24(38-16-34-35-25(19)38)32-15-20-22(28)5-4-6-23(20)39-3/h4-8,13-14,16-17,32H,9-12,15H2,1-3H3. The Hall–Kier alpha value is -3.93. The summed E-state index contributed by atoms with van der Waals surface area (Å²) in [6.07, 6.45) is -1.70. The molecule has 39 heavy (non-hydrogen) atoms. The highest BCUT2D eigenvalue weighted by Gasteiger charge is 2.37. The van der Waals surface area contributed by atoms with Crippen LogP contribution in [-0.4, -0.2) is 63.8 Å². The summed E-state index contributed by atoms with van der Waals surface area (Å²) in [5.74, 6) is 0.447. The Morgan fingerprint density at radius 1 is 1.08 bits per heavy atom. The number of alkyl halides is 3. The van der Waals surface area contributed by atoms with Crippen LogP contribution in [0.2, 0.25) is 0 Å². The topological polar surface area (TPSA) is 70.8 Å². The second-order valence-corrected chi connectivity index (χ2v) is 9.64. The number of pyridine rings is 2. The molecule has 1 N–H and O–H groups in total. The molecule has 1 aliphatic rings. The monoisotopic (exact) mass is 543 g/mol. The zero-order chi connectivity index (χ0) is 27.7. The lowest BCUT2D eigenvalue weighted by atomic mass is 10.1. The van der Waals surface area contributed by atoms with Gasteiger partial charge in [0.2, 0.25) is 0 Å². The normalized spacial score (nSPS) is 14.8. The van der Waals surface area contributed by atoms with Crippen molar-refractivity contribution < 1.29 is 22.3 Å². The average Bonchev–Trinajstić information content (AvgIpc) is 3.42. The number of nitrogens with one attached hydrogen (secondary N) is 1. The minimum atomic E-state index is -4.59. The molecule has 0 amide bonds. The molecule has 0 bridgehead atoms. The molecule has 12 heteroatoms. The number of anilines is 2. The maximum absolute atomic E-state index is 14.4. The number of nitrogens with zero attached hydrogens (tertiary/aromatic N) is 6. The van der Waals surface area contributed by atoms with Gasteiger partial charge in [-0.15, -0.1) is 10.2 Å². The van der Waals surface area contributed by atoms with Crippen LogP contribution in [0.25, 0.3) is 16.8 Å². The molecule has 1 aliphatic heterocycles. The first-order chi connectivity index (χ1) is 18.7. The molecule has 5 rings (SSSR count). The van der Waals surface area contributed by atoms with Crippen LogP contribution >= 0.6 is 0 Å². The van der Waals surface area contributed by atoms with E-state index in [2.05, 4.69) is 39.2 Å². The molecule has 1 aromatic carbocycles. The van der Waals surface area contributed by atoms with E-state index in [1.807, 2.05) is 0 Å². The summed E-state index contributed by atoms with van der Waals surface area (Å²) in [5, 5.41) is 11.2. The van der Waals surface area contributed by atoms with E-state index in [1.54, 1.807) is 33.6 Å². The first-order valence-corrected chi connectivity index (χ1v) is 12.6. The molecule has 3 aromatic heterocycles. The smallest absolute Gasteiger partial charge is 0.419 e. The van der Waals surface area contributed by atoms with Crippen molar-refractivity contribution in [1.29, 1.82) is 0 Å². The van der Waals surface area contributed by atoms with Crippen molar-refractivity contribution >= 4 is 17.3 Å². The first kappa shape index (κ1) is 26.7. The van der Waals surface area contributed by atoms with Gasteiger partial charge in [-0.2, -0.15) is 13.2 Å². The summed E-state index contributed by atoms with van der Waals surface area (Å²) in [4.78, 5) is 8.22. The number of fused-ring (bicyclic) bond motifs is 1.